The average Bonchev–Trinajstić information content (AvgIpc) is 2.52. The van der Waals surface area contributed by atoms with Crippen molar-refractivity contribution in [2.75, 3.05) is 0 Å². The quantitative estimate of drug-likeness (QED) is 0.868. The van der Waals surface area contributed by atoms with Crippen molar-refractivity contribution in [1.29, 1.82) is 0 Å². The third-order valence-electron chi connectivity index (χ3n) is 2.68. The number of fused-ring (bicyclic) bond motifs is 1. The molecule has 0 saturated carbocycles. The molecule has 2 rings (SSSR count). The molecule has 0 aliphatic carbocycles. The first-order valence-electron chi connectivity index (χ1n) is 4.92. The zero-order valence-corrected chi connectivity index (χ0v) is 9.77. The van der Waals surface area contributed by atoms with Gasteiger partial charge in [0.1, 0.15) is 5.82 Å². The van der Waals surface area contributed by atoms with E-state index in [-0.39, 0.29) is 5.82 Å². The van der Waals surface area contributed by atoms with Gasteiger partial charge in [0.05, 0.1) is 5.92 Å². The van der Waals surface area contributed by atoms with Crippen molar-refractivity contribution in [2.24, 2.45) is 0 Å². The molecule has 1 aromatic heterocycles. The molecule has 2 aromatic rings. The summed E-state index contributed by atoms with van der Waals surface area (Å²) in [7, 11) is 0. The second kappa shape index (κ2) is 3.87. The topological polar surface area (TPSA) is 37.3 Å². The molecule has 2 nitrogen and oxygen atoms in total. The number of aryl methyl sites for hydroxylation is 1. The summed E-state index contributed by atoms with van der Waals surface area (Å²) in [5.74, 6) is -1.81. The first-order chi connectivity index (χ1) is 7.50. The lowest BCUT2D eigenvalue weighted by atomic mass is 9.98. The van der Waals surface area contributed by atoms with E-state index in [1.54, 1.807) is 13.0 Å². The predicted octanol–water partition coefficient (Wildman–Crippen LogP) is 3.54. The monoisotopic (exact) mass is 238 g/mol. The van der Waals surface area contributed by atoms with E-state index in [1.165, 1.54) is 23.5 Å². The van der Waals surface area contributed by atoms with Gasteiger partial charge in [-0.15, -0.1) is 11.3 Å². The Balaban J connectivity index is 2.72. The largest absolute Gasteiger partial charge is 0.481 e. The lowest BCUT2D eigenvalue weighted by Crippen LogP contribution is -2.07. The van der Waals surface area contributed by atoms with E-state index >= 15 is 0 Å². The van der Waals surface area contributed by atoms with E-state index in [1.807, 2.05) is 6.92 Å². The van der Waals surface area contributed by atoms with Crippen LogP contribution in [-0.4, -0.2) is 11.1 Å². The van der Waals surface area contributed by atoms with Gasteiger partial charge in [0, 0.05) is 9.58 Å². The lowest BCUT2D eigenvalue weighted by molar-refractivity contribution is -0.138. The highest BCUT2D eigenvalue weighted by Crippen LogP contribution is 2.36. The Bertz CT molecular complexity index is 559. The van der Waals surface area contributed by atoms with Gasteiger partial charge in [0.15, 0.2) is 0 Å². The first-order valence-corrected chi connectivity index (χ1v) is 5.73. The Morgan fingerprint density at radius 2 is 2.19 bits per heavy atom. The van der Waals surface area contributed by atoms with Gasteiger partial charge in [0.2, 0.25) is 0 Å². The van der Waals surface area contributed by atoms with Crippen LogP contribution in [0.1, 0.15) is 23.3 Å². The van der Waals surface area contributed by atoms with Gasteiger partial charge in [-0.3, -0.25) is 4.79 Å². The standard InChI is InChI=1S/C12H11FO2S/c1-6(12(14)15)11-7(2)16-10-4-3-8(13)5-9(10)11/h3-6H,1-2H3,(H,14,15). The molecule has 0 amide bonds. The fraction of sp³-hybridized carbons (Fsp3) is 0.250. The van der Waals surface area contributed by atoms with Crippen molar-refractivity contribution in [3.63, 3.8) is 0 Å². The zero-order chi connectivity index (χ0) is 11.9. The minimum atomic E-state index is -0.882. The second-order valence-electron chi connectivity index (χ2n) is 3.77. The molecule has 4 heteroatoms. The molecule has 0 saturated heterocycles. The van der Waals surface area contributed by atoms with Gasteiger partial charge in [-0.05, 0) is 43.0 Å². The summed E-state index contributed by atoms with van der Waals surface area (Å²) in [5, 5.41) is 9.74. The minimum absolute atomic E-state index is 0.330. The Morgan fingerprint density at radius 1 is 1.50 bits per heavy atom. The number of rotatable bonds is 2. The summed E-state index contributed by atoms with van der Waals surface area (Å²) in [6.07, 6.45) is 0. The first kappa shape index (κ1) is 11.1. The van der Waals surface area contributed by atoms with Crippen LogP contribution in [0.5, 0.6) is 0 Å². The maximum atomic E-state index is 13.1. The van der Waals surface area contributed by atoms with Crippen LogP contribution >= 0.6 is 11.3 Å². The Hall–Kier alpha value is -1.42. The van der Waals surface area contributed by atoms with Crippen LogP contribution in [0.3, 0.4) is 0 Å². The van der Waals surface area contributed by atoms with E-state index in [4.69, 9.17) is 5.11 Å². The van der Waals surface area contributed by atoms with Crippen LogP contribution in [0.25, 0.3) is 10.1 Å². The zero-order valence-electron chi connectivity index (χ0n) is 8.95. The van der Waals surface area contributed by atoms with Crippen LogP contribution in [0.15, 0.2) is 18.2 Å². The number of hydrogen-bond donors (Lipinski definition) is 1. The molecule has 84 valence electrons. The molecule has 0 spiro atoms. The SMILES string of the molecule is Cc1sc2ccc(F)cc2c1C(C)C(=O)O. The number of carboxylic acids is 1. The summed E-state index contributed by atoms with van der Waals surface area (Å²) >= 11 is 1.50. The fourth-order valence-electron chi connectivity index (χ4n) is 1.87. The fourth-order valence-corrected chi connectivity index (χ4v) is 3.01. The number of halogens is 1. The molecule has 16 heavy (non-hydrogen) atoms. The molecule has 1 N–H and O–H groups in total. The van der Waals surface area contributed by atoms with Crippen LogP contribution in [0, 0.1) is 12.7 Å². The number of aliphatic carboxylic acids is 1. The van der Waals surface area contributed by atoms with Crippen LogP contribution in [-0.2, 0) is 4.79 Å². The molecule has 1 aromatic carbocycles. The third-order valence-corrected chi connectivity index (χ3v) is 3.78. The van der Waals surface area contributed by atoms with E-state index in [2.05, 4.69) is 0 Å². The molecular formula is C12H11FO2S. The van der Waals surface area contributed by atoms with Crippen molar-refractivity contribution in [2.45, 2.75) is 19.8 Å². The summed E-state index contributed by atoms with van der Waals surface area (Å²) in [6.45, 7) is 3.50. The Labute approximate surface area is 96.3 Å². The maximum absolute atomic E-state index is 13.1. The van der Waals surface area contributed by atoms with Crippen LogP contribution < -0.4 is 0 Å². The van der Waals surface area contributed by atoms with Gasteiger partial charge in [0.25, 0.3) is 0 Å². The summed E-state index contributed by atoms with van der Waals surface area (Å²) in [4.78, 5) is 11.9. The van der Waals surface area contributed by atoms with Gasteiger partial charge < -0.3 is 5.11 Å². The smallest absolute Gasteiger partial charge is 0.310 e. The molecule has 1 atom stereocenters. The highest BCUT2D eigenvalue weighted by atomic mass is 32.1. The normalized spacial score (nSPS) is 12.9. The highest BCUT2D eigenvalue weighted by molar-refractivity contribution is 7.19. The van der Waals surface area contributed by atoms with E-state index < -0.39 is 11.9 Å². The molecule has 1 heterocycles. The minimum Gasteiger partial charge on any atom is -0.481 e. The lowest BCUT2D eigenvalue weighted by Gasteiger charge is -2.06. The van der Waals surface area contributed by atoms with Gasteiger partial charge in [-0.1, -0.05) is 0 Å². The van der Waals surface area contributed by atoms with Gasteiger partial charge in [-0.25, -0.2) is 4.39 Å². The molecule has 0 aliphatic rings. The average molecular weight is 238 g/mol. The van der Waals surface area contributed by atoms with Crippen molar-refractivity contribution in [1.82, 2.24) is 0 Å². The number of carboxylic acid groups (broad SMARTS) is 1. The predicted molar refractivity (Wildman–Crippen MR) is 62.6 cm³/mol. The highest BCUT2D eigenvalue weighted by Gasteiger charge is 2.21. The summed E-state index contributed by atoms with van der Waals surface area (Å²) in [6, 6.07) is 4.50. The van der Waals surface area contributed by atoms with Crippen molar-refractivity contribution in [3.8, 4) is 0 Å². The Morgan fingerprint density at radius 3 is 2.81 bits per heavy atom. The molecule has 0 fully saturated rings. The number of thiophene rings is 1. The van der Waals surface area contributed by atoms with Crippen LogP contribution in [0.2, 0.25) is 0 Å². The number of carbonyl (C=O) groups is 1. The molecular weight excluding hydrogens is 227 g/mol. The van der Waals surface area contributed by atoms with Crippen LogP contribution in [0.4, 0.5) is 4.39 Å². The van der Waals surface area contributed by atoms with Crippen molar-refractivity contribution >= 4 is 27.4 Å². The molecule has 0 radical (unpaired) electrons. The number of hydrogen-bond acceptors (Lipinski definition) is 2. The number of benzene rings is 1. The van der Waals surface area contributed by atoms with E-state index in [0.29, 0.717) is 0 Å². The van der Waals surface area contributed by atoms with Gasteiger partial charge >= 0.3 is 5.97 Å². The second-order valence-corrected chi connectivity index (χ2v) is 5.03. The molecule has 0 bridgehead atoms. The third kappa shape index (κ3) is 1.69. The summed E-state index contributed by atoms with van der Waals surface area (Å²) < 4.78 is 14.1. The van der Waals surface area contributed by atoms with Crippen molar-refractivity contribution in [3.05, 3.63) is 34.5 Å². The molecule has 0 aliphatic heterocycles. The molecule has 1 unspecified atom stereocenters. The summed E-state index contributed by atoms with van der Waals surface area (Å²) in [5.41, 5.74) is 0.729. The Kier molecular flexibility index (Phi) is 2.68. The van der Waals surface area contributed by atoms with Crippen molar-refractivity contribution < 1.29 is 14.3 Å². The van der Waals surface area contributed by atoms with Gasteiger partial charge in [-0.2, -0.15) is 0 Å². The van der Waals surface area contributed by atoms with E-state index in [0.717, 1.165) is 20.5 Å². The van der Waals surface area contributed by atoms with E-state index in [9.17, 15) is 9.18 Å². The maximum Gasteiger partial charge on any atom is 0.310 e.